The molecule has 1 aromatic carbocycles. The number of carbonyl (C=O) groups excluding carboxylic acids is 1. The second kappa shape index (κ2) is 6.15. The second-order valence-electron chi connectivity index (χ2n) is 5.31. The molecule has 1 aromatic rings. The predicted octanol–water partition coefficient (Wildman–Crippen LogP) is 2.40. The summed E-state index contributed by atoms with van der Waals surface area (Å²) >= 11 is 0. The van der Waals surface area contributed by atoms with Crippen molar-refractivity contribution in [2.24, 2.45) is 0 Å². The topological polar surface area (TPSA) is 63.7 Å². The number of nitrogens with zero attached hydrogens (tertiary/aromatic N) is 1. The Hall–Kier alpha value is -1.40. The number of unbranched alkanes of at least 4 members (excludes halogenated alkanes) is 1. The number of benzene rings is 1. The smallest absolute Gasteiger partial charge is 0.307 e. The highest BCUT2D eigenvalue weighted by molar-refractivity contribution is 7.89. The van der Waals surface area contributed by atoms with Crippen molar-refractivity contribution in [1.82, 2.24) is 4.31 Å². The molecule has 0 amide bonds. The van der Waals surface area contributed by atoms with Crippen LogP contribution >= 0.6 is 0 Å². The van der Waals surface area contributed by atoms with Crippen LogP contribution < -0.4 is 0 Å². The zero-order valence-electron chi connectivity index (χ0n) is 12.6. The minimum absolute atomic E-state index is 0.0515. The highest BCUT2D eigenvalue weighted by Gasteiger charge is 2.42. The largest absolute Gasteiger partial charge is 0.466 e. The molecule has 0 bridgehead atoms. The number of carbonyl (C=O) groups is 1. The van der Waals surface area contributed by atoms with Crippen LogP contribution in [0.4, 0.5) is 0 Å². The van der Waals surface area contributed by atoms with Crippen molar-refractivity contribution in [1.29, 1.82) is 0 Å². The Kier molecular flexibility index (Phi) is 4.68. The van der Waals surface area contributed by atoms with Crippen LogP contribution in [-0.2, 0) is 19.6 Å². The maximum absolute atomic E-state index is 12.4. The van der Waals surface area contributed by atoms with Crippen LogP contribution in [0.3, 0.4) is 0 Å². The molecule has 6 heteroatoms. The van der Waals surface area contributed by atoms with Gasteiger partial charge in [-0.25, -0.2) is 8.42 Å². The molecule has 1 unspecified atom stereocenters. The van der Waals surface area contributed by atoms with Gasteiger partial charge in [-0.05, 0) is 24.5 Å². The summed E-state index contributed by atoms with van der Waals surface area (Å²) in [5.74, 6) is -0.357. The van der Waals surface area contributed by atoms with Gasteiger partial charge in [-0.2, -0.15) is 4.31 Å². The Morgan fingerprint density at radius 1 is 1.38 bits per heavy atom. The third-order valence-electron chi connectivity index (χ3n) is 3.80. The fourth-order valence-corrected chi connectivity index (χ4v) is 4.37. The molecule has 0 aromatic heterocycles. The van der Waals surface area contributed by atoms with Gasteiger partial charge in [0.25, 0.3) is 0 Å². The molecule has 116 valence electrons. The second-order valence-corrected chi connectivity index (χ2v) is 7.24. The molecule has 0 aliphatic carbocycles. The average molecular weight is 311 g/mol. The maximum atomic E-state index is 12.4. The Labute approximate surface area is 126 Å². The fraction of sp³-hybridized carbons (Fsp3) is 0.533. The van der Waals surface area contributed by atoms with E-state index in [1.807, 2.05) is 13.0 Å². The van der Waals surface area contributed by atoms with Crippen LogP contribution in [0.15, 0.2) is 23.1 Å². The third kappa shape index (κ3) is 2.96. The zero-order chi connectivity index (χ0) is 15.6. The molecule has 0 N–H and O–H groups in total. The van der Waals surface area contributed by atoms with Crippen LogP contribution in [0.5, 0.6) is 0 Å². The van der Waals surface area contributed by atoms with Crippen molar-refractivity contribution in [3.8, 4) is 0 Å². The summed E-state index contributed by atoms with van der Waals surface area (Å²) in [4.78, 5) is 12.2. The quantitative estimate of drug-likeness (QED) is 0.619. The first-order valence-corrected chi connectivity index (χ1v) is 8.56. The van der Waals surface area contributed by atoms with Gasteiger partial charge in [-0.1, -0.05) is 31.5 Å². The highest BCUT2D eigenvalue weighted by atomic mass is 32.2. The van der Waals surface area contributed by atoms with E-state index in [2.05, 4.69) is 0 Å². The summed E-state index contributed by atoms with van der Waals surface area (Å²) in [6, 6.07) is 4.89. The number of hydrogen-bond donors (Lipinski definition) is 0. The fourth-order valence-electron chi connectivity index (χ4n) is 2.58. The molecule has 0 radical (unpaired) electrons. The first-order valence-electron chi connectivity index (χ1n) is 7.12. The van der Waals surface area contributed by atoms with Crippen molar-refractivity contribution in [3.05, 3.63) is 29.3 Å². The number of ether oxygens (including phenoxy) is 1. The number of fused-ring (bicyclic) bond motifs is 1. The molecule has 2 rings (SSSR count). The molecule has 0 fully saturated rings. The zero-order valence-corrected chi connectivity index (χ0v) is 13.4. The maximum Gasteiger partial charge on any atom is 0.307 e. The summed E-state index contributed by atoms with van der Waals surface area (Å²) in [5.41, 5.74) is 1.39. The van der Waals surface area contributed by atoms with Gasteiger partial charge >= 0.3 is 5.97 Å². The van der Waals surface area contributed by atoms with Gasteiger partial charge in [0.15, 0.2) is 0 Å². The number of hydrogen-bond acceptors (Lipinski definition) is 4. The molecule has 1 aliphatic heterocycles. The summed E-state index contributed by atoms with van der Waals surface area (Å²) in [6.45, 7) is 4.18. The first-order chi connectivity index (χ1) is 9.89. The Morgan fingerprint density at radius 3 is 2.76 bits per heavy atom. The SMILES string of the molecule is CCCCOC(=O)CC1c2cccc(C)c2S(=O)(=O)N1C. The lowest BCUT2D eigenvalue weighted by atomic mass is 10.0. The van der Waals surface area contributed by atoms with Crippen molar-refractivity contribution in [3.63, 3.8) is 0 Å². The van der Waals surface area contributed by atoms with Crippen LogP contribution in [0.25, 0.3) is 0 Å². The highest BCUT2D eigenvalue weighted by Crippen LogP contribution is 2.41. The Morgan fingerprint density at radius 2 is 2.10 bits per heavy atom. The van der Waals surface area contributed by atoms with Crippen LogP contribution in [-0.4, -0.2) is 32.3 Å². The van der Waals surface area contributed by atoms with E-state index in [0.29, 0.717) is 22.6 Å². The van der Waals surface area contributed by atoms with Gasteiger partial charge in [0.1, 0.15) is 0 Å². The van der Waals surface area contributed by atoms with E-state index < -0.39 is 16.1 Å². The van der Waals surface area contributed by atoms with Crippen LogP contribution in [0.1, 0.15) is 43.4 Å². The van der Waals surface area contributed by atoms with Gasteiger partial charge in [-0.3, -0.25) is 4.79 Å². The first kappa shape index (κ1) is 16.0. The third-order valence-corrected chi connectivity index (χ3v) is 5.88. The molecule has 21 heavy (non-hydrogen) atoms. The molecule has 1 aliphatic rings. The van der Waals surface area contributed by atoms with E-state index in [1.165, 1.54) is 11.4 Å². The van der Waals surface area contributed by atoms with Gasteiger partial charge in [-0.15, -0.1) is 0 Å². The minimum Gasteiger partial charge on any atom is -0.466 e. The monoisotopic (exact) mass is 311 g/mol. The predicted molar refractivity (Wildman–Crippen MR) is 79.4 cm³/mol. The molecular weight excluding hydrogens is 290 g/mol. The van der Waals surface area contributed by atoms with Crippen LogP contribution in [0, 0.1) is 6.92 Å². The summed E-state index contributed by atoms with van der Waals surface area (Å²) in [5, 5.41) is 0. The number of esters is 1. The number of sulfonamides is 1. The van der Waals surface area contributed by atoms with Crippen molar-refractivity contribution >= 4 is 16.0 Å². The van der Waals surface area contributed by atoms with Gasteiger partial charge in [0, 0.05) is 7.05 Å². The van der Waals surface area contributed by atoms with E-state index in [0.717, 1.165) is 12.8 Å². The van der Waals surface area contributed by atoms with E-state index in [4.69, 9.17) is 4.74 Å². The van der Waals surface area contributed by atoms with Gasteiger partial charge < -0.3 is 4.74 Å². The summed E-state index contributed by atoms with van der Waals surface area (Å²) in [6.07, 6.45) is 1.82. The number of rotatable bonds is 5. The molecule has 0 saturated carbocycles. The van der Waals surface area contributed by atoms with Crippen molar-refractivity contribution in [2.45, 2.75) is 44.0 Å². The van der Waals surface area contributed by atoms with Crippen molar-refractivity contribution in [2.75, 3.05) is 13.7 Å². The van der Waals surface area contributed by atoms with Gasteiger partial charge in [0.05, 0.1) is 24.0 Å². The normalized spacial score (nSPS) is 20.2. The van der Waals surface area contributed by atoms with Crippen LogP contribution in [0.2, 0.25) is 0 Å². The Bertz CT molecular complexity index is 639. The Balaban J connectivity index is 2.23. The van der Waals surface area contributed by atoms with Crippen molar-refractivity contribution < 1.29 is 17.9 Å². The van der Waals surface area contributed by atoms with Gasteiger partial charge in [0.2, 0.25) is 10.0 Å². The van der Waals surface area contributed by atoms with E-state index in [-0.39, 0.29) is 12.4 Å². The van der Waals surface area contributed by atoms with E-state index in [9.17, 15) is 13.2 Å². The summed E-state index contributed by atoms with van der Waals surface area (Å²) in [7, 11) is -2.00. The molecule has 0 saturated heterocycles. The lowest BCUT2D eigenvalue weighted by molar-refractivity contribution is -0.144. The molecular formula is C15H21NO4S. The molecule has 0 spiro atoms. The lowest BCUT2D eigenvalue weighted by Gasteiger charge is -2.18. The summed E-state index contributed by atoms with van der Waals surface area (Å²) < 4.78 is 31.3. The lowest BCUT2D eigenvalue weighted by Crippen LogP contribution is -2.26. The molecule has 5 nitrogen and oxygen atoms in total. The van der Waals surface area contributed by atoms with E-state index >= 15 is 0 Å². The molecule has 1 atom stereocenters. The molecule has 1 heterocycles. The van der Waals surface area contributed by atoms with E-state index in [1.54, 1.807) is 19.1 Å². The minimum atomic E-state index is -3.51. The average Bonchev–Trinajstić information content (AvgIpc) is 2.61. The number of aryl methyl sites for hydroxylation is 1. The standard InChI is InChI=1S/C15H21NO4S/c1-4-5-9-20-14(17)10-13-12-8-6-7-11(2)15(12)21(18,19)16(13)3/h6-8,13H,4-5,9-10H2,1-3H3.